The van der Waals surface area contributed by atoms with Crippen molar-refractivity contribution in [3.8, 4) is 0 Å². The van der Waals surface area contributed by atoms with Gasteiger partial charge in [0, 0.05) is 25.1 Å². The van der Waals surface area contributed by atoms with Gasteiger partial charge in [-0.25, -0.2) is 4.79 Å². The van der Waals surface area contributed by atoms with E-state index < -0.39 is 49.1 Å². The monoisotopic (exact) mass is 549 g/mol. The van der Waals surface area contributed by atoms with E-state index in [0.29, 0.717) is 13.0 Å². The number of carbonyl (C=O) groups excluding carboxylic acids is 2. The van der Waals surface area contributed by atoms with E-state index in [9.17, 15) is 33.9 Å². The standard InChI is InChI=1S/C23H39N3O10S/c27-18(11-10-17(23(35)36)26(13-20(29)30)14-21(31)32)24-12-8-6-4-2-1-3-5-7-9-19(28)25-16(15-37)22(33)34/h16-17,37H,1-15H2,(H,24,27)(H,25,28)(H,29,30)(H,31,32)(H,33,34)(H,35,36). The minimum absolute atomic E-state index is 0.0396. The third-order valence-corrected chi connectivity index (χ3v) is 5.88. The van der Waals surface area contributed by atoms with Crippen LogP contribution in [0.3, 0.4) is 0 Å². The summed E-state index contributed by atoms with van der Waals surface area (Å²) in [6.07, 6.45) is 7.03. The van der Waals surface area contributed by atoms with Crippen LogP contribution in [0.5, 0.6) is 0 Å². The summed E-state index contributed by atoms with van der Waals surface area (Å²) in [7, 11) is 0. The average molecular weight is 550 g/mol. The van der Waals surface area contributed by atoms with Gasteiger partial charge in [-0.3, -0.25) is 28.9 Å². The molecular formula is C23H39N3O10S. The Hall–Kier alpha value is -2.87. The fourth-order valence-corrected chi connectivity index (χ4v) is 3.84. The Morgan fingerprint density at radius 1 is 0.676 bits per heavy atom. The number of carboxylic acid groups (broad SMARTS) is 4. The summed E-state index contributed by atoms with van der Waals surface area (Å²) in [5.41, 5.74) is 0. The van der Waals surface area contributed by atoms with Crippen LogP contribution in [-0.2, 0) is 28.8 Å². The first-order valence-corrected chi connectivity index (χ1v) is 12.9. The normalized spacial score (nSPS) is 12.5. The van der Waals surface area contributed by atoms with Gasteiger partial charge in [0.05, 0.1) is 13.1 Å². The molecule has 6 N–H and O–H groups in total. The van der Waals surface area contributed by atoms with Gasteiger partial charge in [-0.15, -0.1) is 0 Å². The molecule has 0 aliphatic heterocycles. The molecule has 0 aromatic carbocycles. The number of thiol groups is 1. The van der Waals surface area contributed by atoms with Crippen LogP contribution in [0.1, 0.15) is 70.6 Å². The third-order valence-electron chi connectivity index (χ3n) is 5.52. The first kappa shape index (κ1) is 34.1. The van der Waals surface area contributed by atoms with E-state index in [2.05, 4.69) is 23.3 Å². The number of aliphatic carboxylic acids is 4. The molecule has 0 heterocycles. The second-order valence-corrected chi connectivity index (χ2v) is 9.02. The third kappa shape index (κ3) is 18.1. The van der Waals surface area contributed by atoms with E-state index in [1.165, 1.54) is 0 Å². The molecule has 0 bridgehead atoms. The molecule has 2 unspecified atom stereocenters. The SMILES string of the molecule is O=C(O)CN(CC(=O)O)C(CCC(=O)NCCCCCCCCCCC(=O)NC(CS)C(=O)O)C(=O)O. The summed E-state index contributed by atoms with van der Waals surface area (Å²) >= 11 is 3.90. The molecule has 14 heteroatoms. The van der Waals surface area contributed by atoms with Crippen molar-refractivity contribution in [1.29, 1.82) is 0 Å². The van der Waals surface area contributed by atoms with Crippen molar-refractivity contribution < 1.29 is 49.2 Å². The lowest BCUT2D eigenvalue weighted by atomic mass is 10.1. The summed E-state index contributed by atoms with van der Waals surface area (Å²) in [6, 6.07) is -2.37. The summed E-state index contributed by atoms with van der Waals surface area (Å²) in [5.74, 6) is -5.85. The molecule has 0 saturated carbocycles. The Bertz CT molecular complexity index is 749. The van der Waals surface area contributed by atoms with Gasteiger partial charge in [-0.05, 0) is 19.3 Å². The molecule has 0 aliphatic rings. The second-order valence-electron chi connectivity index (χ2n) is 8.65. The van der Waals surface area contributed by atoms with Crippen LogP contribution in [0, 0.1) is 0 Å². The molecule has 0 fully saturated rings. The number of carbonyl (C=O) groups is 6. The van der Waals surface area contributed by atoms with Crippen LogP contribution < -0.4 is 10.6 Å². The van der Waals surface area contributed by atoms with Crippen LogP contribution in [0.15, 0.2) is 0 Å². The van der Waals surface area contributed by atoms with E-state index in [0.717, 1.165) is 49.8 Å². The molecule has 2 amide bonds. The zero-order valence-electron chi connectivity index (χ0n) is 20.9. The molecule has 37 heavy (non-hydrogen) atoms. The van der Waals surface area contributed by atoms with Crippen LogP contribution in [0.2, 0.25) is 0 Å². The lowest BCUT2D eigenvalue weighted by molar-refractivity contribution is -0.149. The molecule has 0 rings (SSSR count). The predicted molar refractivity (Wildman–Crippen MR) is 135 cm³/mol. The van der Waals surface area contributed by atoms with E-state index >= 15 is 0 Å². The number of rotatable bonds is 23. The van der Waals surface area contributed by atoms with E-state index in [4.69, 9.17) is 15.3 Å². The van der Waals surface area contributed by atoms with Crippen LogP contribution in [0.4, 0.5) is 0 Å². The quantitative estimate of drug-likeness (QED) is 0.0700. The second kappa shape index (κ2) is 20.2. The fraction of sp³-hybridized carbons (Fsp3) is 0.739. The van der Waals surface area contributed by atoms with Crippen molar-refractivity contribution in [2.24, 2.45) is 0 Å². The van der Waals surface area contributed by atoms with Crippen molar-refractivity contribution in [1.82, 2.24) is 15.5 Å². The van der Waals surface area contributed by atoms with Gasteiger partial charge in [0.2, 0.25) is 11.8 Å². The predicted octanol–water partition coefficient (Wildman–Crippen LogP) is 0.817. The molecule has 0 saturated heterocycles. The van der Waals surface area contributed by atoms with Crippen LogP contribution in [0.25, 0.3) is 0 Å². The Kier molecular flexibility index (Phi) is 18.6. The van der Waals surface area contributed by atoms with Crippen LogP contribution >= 0.6 is 12.6 Å². The largest absolute Gasteiger partial charge is 0.480 e. The number of hydrogen-bond acceptors (Lipinski definition) is 8. The number of hydrogen-bond donors (Lipinski definition) is 7. The summed E-state index contributed by atoms with van der Waals surface area (Å²) in [4.78, 5) is 68.7. The molecule has 0 aromatic heterocycles. The molecular weight excluding hydrogens is 510 g/mol. The number of carboxylic acids is 4. The maximum absolute atomic E-state index is 12.0. The highest BCUT2D eigenvalue weighted by atomic mass is 32.1. The molecule has 0 spiro atoms. The topological polar surface area (TPSA) is 211 Å². The van der Waals surface area contributed by atoms with Crippen molar-refractivity contribution >= 4 is 48.3 Å². The van der Waals surface area contributed by atoms with Gasteiger partial charge in [-0.1, -0.05) is 38.5 Å². The molecule has 0 radical (unpaired) electrons. The number of nitrogens with zero attached hydrogens (tertiary/aromatic N) is 1. The average Bonchev–Trinajstić information content (AvgIpc) is 2.79. The van der Waals surface area contributed by atoms with Gasteiger partial charge < -0.3 is 31.1 Å². The Balaban J connectivity index is 3.94. The van der Waals surface area contributed by atoms with Gasteiger partial charge >= 0.3 is 23.9 Å². The number of amides is 2. The van der Waals surface area contributed by atoms with E-state index in [1.807, 2.05) is 0 Å². The van der Waals surface area contributed by atoms with Gasteiger partial charge in [0.25, 0.3) is 0 Å². The van der Waals surface area contributed by atoms with Gasteiger partial charge in [-0.2, -0.15) is 12.6 Å². The first-order valence-electron chi connectivity index (χ1n) is 12.3. The molecule has 212 valence electrons. The lowest BCUT2D eigenvalue weighted by Crippen LogP contribution is -2.47. The summed E-state index contributed by atoms with van der Waals surface area (Å²) in [5, 5.41) is 41.1. The molecule has 2 atom stereocenters. The van der Waals surface area contributed by atoms with E-state index in [-0.39, 0.29) is 36.8 Å². The van der Waals surface area contributed by atoms with Crippen molar-refractivity contribution in [3.05, 3.63) is 0 Å². The van der Waals surface area contributed by atoms with Gasteiger partial charge in [0.1, 0.15) is 12.1 Å². The van der Waals surface area contributed by atoms with Gasteiger partial charge in [0.15, 0.2) is 0 Å². The zero-order valence-corrected chi connectivity index (χ0v) is 21.8. The van der Waals surface area contributed by atoms with E-state index in [1.54, 1.807) is 0 Å². The van der Waals surface area contributed by atoms with Crippen molar-refractivity contribution in [2.45, 2.75) is 82.7 Å². The Morgan fingerprint density at radius 2 is 1.19 bits per heavy atom. The molecule has 13 nitrogen and oxygen atoms in total. The zero-order chi connectivity index (χ0) is 28.2. The van der Waals surface area contributed by atoms with Crippen molar-refractivity contribution in [2.75, 3.05) is 25.4 Å². The Morgan fingerprint density at radius 3 is 1.65 bits per heavy atom. The maximum atomic E-state index is 12.0. The highest BCUT2D eigenvalue weighted by Crippen LogP contribution is 2.11. The minimum Gasteiger partial charge on any atom is -0.480 e. The molecule has 0 aromatic rings. The van der Waals surface area contributed by atoms with Crippen molar-refractivity contribution in [3.63, 3.8) is 0 Å². The van der Waals surface area contributed by atoms with Crippen LogP contribution in [-0.4, -0.2) is 98.5 Å². The highest BCUT2D eigenvalue weighted by Gasteiger charge is 2.29. The highest BCUT2D eigenvalue weighted by molar-refractivity contribution is 7.80. The lowest BCUT2D eigenvalue weighted by Gasteiger charge is -2.25. The minimum atomic E-state index is -1.40. The molecule has 0 aliphatic carbocycles. The Labute approximate surface area is 221 Å². The number of unbranched alkanes of at least 4 members (excludes halogenated alkanes) is 7. The summed E-state index contributed by atoms with van der Waals surface area (Å²) < 4.78 is 0. The first-order chi connectivity index (χ1) is 17.5. The summed E-state index contributed by atoms with van der Waals surface area (Å²) in [6.45, 7) is -1.10. The fourth-order valence-electron chi connectivity index (χ4n) is 3.59. The number of nitrogens with one attached hydrogen (secondary N) is 2. The smallest absolute Gasteiger partial charge is 0.327 e. The maximum Gasteiger partial charge on any atom is 0.327 e.